The maximum absolute atomic E-state index is 6.10. The summed E-state index contributed by atoms with van der Waals surface area (Å²) in [5, 5.41) is 3.42. The third kappa shape index (κ3) is 2.40. The van der Waals surface area contributed by atoms with Gasteiger partial charge in [-0.1, -0.05) is 25.1 Å². The SMILES string of the molecule is CCc1ccc(C(NC)C2Cc3ccccc3O2)s1. The number of likely N-dealkylation sites (N-methyl/N-ethyl adjacent to an activating group) is 1. The summed E-state index contributed by atoms with van der Waals surface area (Å²) in [7, 11) is 2.02. The quantitative estimate of drug-likeness (QED) is 0.919. The summed E-state index contributed by atoms with van der Waals surface area (Å²) in [5.74, 6) is 1.04. The lowest BCUT2D eigenvalue weighted by Crippen LogP contribution is -2.32. The predicted molar refractivity (Wildman–Crippen MR) is 80.1 cm³/mol. The average Bonchev–Trinajstić information content (AvgIpc) is 3.05. The highest BCUT2D eigenvalue weighted by Crippen LogP contribution is 2.35. The molecule has 2 atom stereocenters. The van der Waals surface area contributed by atoms with Gasteiger partial charge >= 0.3 is 0 Å². The van der Waals surface area contributed by atoms with Gasteiger partial charge in [-0.3, -0.25) is 0 Å². The van der Waals surface area contributed by atoms with E-state index in [-0.39, 0.29) is 12.1 Å². The molecule has 0 aliphatic carbocycles. The highest BCUT2D eigenvalue weighted by Gasteiger charge is 2.31. The maximum atomic E-state index is 6.10. The van der Waals surface area contributed by atoms with Crippen LogP contribution in [0.3, 0.4) is 0 Å². The number of hydrogen-bond donors (Lipinski definition) is 1. The Morgan fingerprint density at radius 3 is 2.84 bits per heavy atom. The van der Waals surface area contributed by atoms with Crippen molar-refractivity contribution < 1.29 is 4.74 Å². The third-order valence-electron chi connectivity index (χ3n) is 3.69. The molecular weight excluding hydrogens is 254 g/mol. The van der Waals surface area contributed by atoms with Crippen LogP contribution in [0.1, 0.15) is 28.3 Å². The molecule has 0 amide bonds. The molecular formula is C16H19NOS. The molecule has 100 valence electrons. The van der Waals surface area contributed by atoms with E-state index in [1.54, 1.807) is 0 Å². The van der Waals surface area contributed by atoms with E-state index < -0.39 is 0 Å². The molecule has 0 saturated carbocycles. The van der Waals surface area contributed by atoms with Crippen molar-refractivity contribution in [1.29, 1.82) is 0 Å². The van der Waals surface area contributed by atoms with Gasteiger partial charge in [-0.05, 0) is 37.2 Å². The van der Waals surface area contributed by atoms with Crippen molar-refractivity contribution in [2.45, 2.75) is 31.9 Å². The van der Waals surface area contributed by atoms with E-state index in [4.69, 9.17) is 4.74 Å². The summed E-state index contributed by atoms with van der Waals surface area (Å²) < 4.78 is 6.10. The summed E-state index contributed by atoms with van der Waals surface area (Å²) >= 11 is 1.89. The first kappa shape index (κ1) is 12.7. The molecule has 1 N–H and O–H groups in total. The minimum Gasteiger partial charge on any atom is -0.488 e. The Kier molecular flexibility index (Phi) is 3.58. The minimum atomic E-state index is 0.200. The smallest absolute Gasteiger partial charge is 0.123 e. The standard InChI is InChI=1S/C16H19NOS/c1-3-12-8-9-15(19-12)16(17-2)14-10-11-6-4-5-7-13(11)18-14/h4-9,14,16-17H,3,10H2,1-2H3. The van der Waals surface area contributed by atoms with E-state index in [1.165, 1.54) is 15.3 Å². The van der Waals surface area contributed by atoms with E-state index >= 15 is 0 Å². The first-order valence-corrected chi connectivity index (χ1v) is 7.64. The topological polar surface area (TPSA) is 21.3 Å². The number of rotatable bonds is 4. The number of benzene rings is 1. The Labute approximate surface area is 118 Å². The van der Waals surface area contributed by atoms with Crippen molar-refractivity contribution in [2.75, 3.05) is 7.05 Å². The van der Waals surface area contributed by atoms with Crippen LogP contribution in [0.4, 0.5) is 0 Å². The Balaban J connectivity index is 1.81. The molecule has 1 aromatic carbocycles. The van der Waals surface area contributed by atoms with E-state index in [0.717, 1.165) is 18.6 Å². The van der Waals surface area contributed by atoms with E-state index in [1.807, 2.05) is 24.5 Å². The molecule has 2 aromatic rings. The highest BCUT2D eigenvalue weighted by molar-refractivity contribution is 7.12. The van der Waals surface area contributed by atoms with Gasteiger partial charge in [0.2, 0.25) is 0 Å². The van der Waals surface area contributed by atoms with Crippen molar-refractivity contribution in [2.24, 2.45) is 0 Å². The molecule has 1 aliphatic rings. The molecule has 3 heteroatoms. The monoisotopic (exact) mass is 273 g/mol. The molecule has 1 aliphatic heterocycles. The molecule has 0 radical (unpaired) electrons. The lowest BCUT2D eigenvalue weighted by molar-refractivity contribution is 0.185. The Morgan fingerprint density at radius 1 is 1.32 bits per heavy atom. The molecule has 19 heavy (non-hydrogen) atoms. The molecule has 2 nitrogen and oxygen atoms in total. The van der Waals surface area contributed by atoms with Gasteiger partial charge in [-0.25, -0.2) is 0 Å². The van der Waals surface area contributed by atoms with Crippen LogP contribution in [-0.4, -0.2) is 13.2 Å². The fraction of sp³-hybridized carbons (Fsp3) is 0.375. The normalized spacial score (nSPS) is 18.9. The maximum Gasteiger partial charge on any atom is 0.123 e. The van der Waals surface area contributed by atoms with Gasteiger partial charge in [-0.2, -0.15) is 0 Å². The molecule has 3 rings (SSSR count). The van der Waals surface area contributed by atoms with Crippen LogP contribution in [-0.2, 0) is 12.8 Å². The number of thiophene rings is 1. The Hall–Kier alpha value is -1.32. The molecule has 2 unspecified atom stereocenters. The van der Waals surface area contributed by atoms with Gasteiger partial charge in [0.05, 0.1) is 6.04 Å². The van der Waals surface area contributed by atoms with Gasteiger partial charge in [0.1, 0.15) is 11.9 Å². The molecule has 0 fully saturated rings. The van der Waals surface area contributed by atoms with Gasteiger partial charge in [0.25, 0.3) is 0 Å². The van der Waals surface area contributed by atoms with Crippen molar-refractivity contribution >= 4 is 11.3 Å². The summed E-state index contributed by atoms with van der Waals surface area (Å²) in [6.07, 6.45) is 2.29. The number of para-hydroxylation sites is 1. The first-order valence-electron chi connectivity index (χ1n) is 6.82. The lowest BCUT2D eigenvalue weighted by Gasteiger charge is -2.21. The molecule has 0 spiro atoms. The zero-order valence-corrected chi connectivity index (χ0v) is 12.2. The van der Waals surface area contributed by atoms with Crippen LogP contribution in [0.15, 0.2) is 36.4 Å². The van der Waals surface area contributed by atoms with Crippen LogP contribution in [0.5, 0.6) is 5.75 Å². The van der Waals surface area contributed by atoms with Crippen molar-refractivity contribution in [3.8, 4) is 5.75 Å². The number of aryl methyl sites for hydroxylation is 1. The summed E-state index contributed by atoms with van der Waals surface area (Å²) in [4.78, 5) is 2.81. The van der Waals surface area contributed by atoms with Crippen molar-refractivity contribution in [3.05, 3.63) is 51.7 Å². The predicted octanol–water partition coefficient (Wildman–Crippen LogP) is 3.57. The fourth-order valence-electron chi connectivity index (χ4n) is 2.66. The van der Waals surface area contributed by atoms with E-state index in [9.17, 15) is 0 Å². The van der Waals surface area contributed by atoms with Crippen LogP contribution in [0.2, 0.25) is 0 Å². The number of hydrogen-bond acceptors (Lipinski definition) is 3. The number of nitrogens with one attached hydrogen (secondary N) is 1. The molecule has 1 aromatic heterocycles. The van der Waals surface area contributed by atoms with E-state index in [2.05, 4.69) is 42.6 Å². The van der Waals surface area contributed by atoms with Crippen LogP contribution >= 0.6 is 11.3 Å². The fourth-order valence-corrected chi connectivity index (χ4v) is 3.77. The lowest BCUT2D eigenvalue weighted by atomic mass is 10.0. The first-order chi connectivity index (χ1) is 9.31. The molecule has 2 heterocycles. The second-order valence-electron chi connectivity index (χ2n) is 4.89. The largest absolute Gasteiger partial charge is 0.488 e. The van der Waals surface area contributed by atoms with Gasteiger partial charge < -0.3 is 10.1 Å². The summed E-state index contributed by atoms with van der Waals surface area (Å²) in [5.41, 5.74) is 1.32. The zero-order chi connectivity index (χ0) is 13.2. The number of fused-ring (bicyclic) bond motifs is 1. The van der Waals surface area contributed by atoms with Crippen molar-refractivity contribution in [1.82, 2.24) is 5.32 Å². The van der Waals surface area contributed by atoms with Gasteiger partial charge in [0.15, 0.2) is 0 Å². The summed E-state index contributed by atoms with van der Waals surface area (Å²) in [6, 6.07) is 13.1. The highest BCUT2D eigenvalue weighted by atomic mass is 32.1. The Morgan fingerprint density at radius 2 is 2.16 bits per heavy atom. The Bertz CT molecular complexity index is 538. The molecule has 0 saturated heterocycles. The van der Waals surface area contributed by atoms with Crippen LogP contribution < -0.4 is 10.1 Å². The minimum absolute atomic E-state index is 0.200. The van der Waals surface area contributed by atoms with Gasteiger partial charge in [0, 0.05) is 16.2 Å². The van der Waals surface area contributed by atoms with E-state index in [0.29, 0.717) is 0 Å². The second-order valence-corrected chi connectivity index (χ2v) is 6.09. The molecule has 0 bridgehead atoms. The van der Waals surface area contributed by atoms with Crippen LogP contribution in [0.25, 0.3) is 0 Å². The second kappa shape index (κ2) is 5.35. The van der Waals surface area contributed by atoms with Crippen LogP contribution in [0, 0.1) is 0 Å². The number of ether oxygens (including phenoxy) is 1. The zero-order valence-electron chi connectivity index (χ0n) is 11.3. The third-order valence-corrected chi connectivity index (χ3v) is 5.00. The average molecular weight is 273 g/mol. The van der Waals surface area contributed by atoms with Crippen molar-refractivity contribution in [3.63, 3.8) is 0 Å². The van der Waals surface area contributed by atoms with Gasteiger partial charge in [-0.15, -0.1) is 11.3 Å². The summed E-state index contributed by atoms with van der Waals surface area (Å²) in [6.45, 7) is 2.20.